The summed E-state index contributed by atoms with van der Waals surface area (Å²) in [7, 11) is 0. The highest BCUT2D eigenvalue weighted by Crippen LogP contribution is 2.35. The maximum atomic E-state index is 14.0. The summed E-state index contributed by atoms with van der Waals surface area (Å²) in [4.78, 5) is 28.8. The number of aryl methyl sites for hydroxylation is 1. The van der Waals surface area contributed by atoms with Crippen LogP contribution >= 0.6 is 0 Å². The maximum Gasteiger partial charge on any atom is 0.417 e. The van der Waals surface area contributed by atoms with Crippen molar-refractivity contribution in [2.24, 2.45) is 0 Å². The van der Waals surface area contributed by atoms with Crippen LogP contribution in [0.2, 0.25) is 0 Å². The van der Waals surface area contributed by atoms with Gasteiger partial charge < -0.3 is 10.1 Å². The van der Waals surface area contributed by atoms with E-state index >= 15 is 0 Å². The number of ketones is 1. The molecule has 33 heavy (non-hydrogen) atoms. The molecule has 8 heteroatoms. The van der Waals surface area contributed by atoms with E-state index in [9.17, 15) is 22.8 Å². The fraction of sp³-hybridized carbons (Fsp3) is 0.160. The number of para-hydroxylation sites is 2. The molecule has 0 saturated heterocycles. The summed E-state index contributed by atoms with van der Waals surface area (Å²) in [6, 6.07) is 19.7. The number of nitrogens with one attached hydrogen (secondary N) is 1. The van der Waals surface area contributed by atoms with E-state index < -0.39 is 22.6 Å². The first-order valence-corrected chi connectivity index (χ1v) is 10.3. The van der Waals surface area contributed by atoms with E-state index in [1.54, 1.807) is 54.6 Å². The van der Waals surface area contributed by atoms with Crippen LogP contribution in [0.5, 0.6) is 0 Å². The van der Waals surface area contributed by atoms with Gasteiger partial charge in [-0.25, -0.2) is 4.98 Å². The van der Waals surface area contributed by atoms with Gasteiger partial charge in [-0.1, -0.05) is 36.4 Å². The Morgan fingerprint density at radius 2 is 1.64 bits per heavy atom. The standard InChI is InChI=1S/C25H20F3N3O2/c1-16(32)12-13-18-14-20(25(26,27)28)23-21(33)15-22(29-17-8-4-2-5-9-17)31(24(23)30-18)19-10-6-3-7-11-19/h2-11,14-15,29H,12-13H2,1H3. The summed E-state index contributed by atoms with van der Waals surface area (Å²) in [6.07, 6.45) is -4.69. The number of Topliss-reactive ketones (excluding diaryl/α,β-unsaturated/α-hetero) is 1. The fourth-order valence-corrected chi connectivity index (χ4v) is 3.62. The normalized spacial score (nSPS) is 11.5. The number of hydrogen-bond donors (Lipinski definition) is 1. The Morgan fingerprint density at radius 1 is 1.00 bits per heavy atom. The van der Waals surface area contributed by atoms with Crippen LogP contribution in [0.25, 0.3) is 16.7 Å². The predicted molar refractivity (Wildman–Crippen MR) is 121 cm³/mol. The molecule has 0 aliphatic rings. The smallest absolute Gasteiger partial charge is 0.341 e. The molecule has 0 radical (unpaired) electrons. The third-order valence-corrected chi connectivity index (χ3v) is 5.12. The summed E-state index contributed by atoms with van der Waals surface area (Å²) in [5, 5.41) is 2.60. The molecule has 2 heterocycles. The van der Waals surface area contributed by atoms with Crippen molar-refractivity contribution >= 4 is 28.3 Å². The minimum absolute atomic E-state index is 0.0354. The number of aromatic nitrogens is 2. The molecule has 0 spiro atoms. The zero-order valence-electron chi connectivity index (χ0n) is 17.7. The molecule has 0 amide bonds. The molecule has 0 aliphatic carbocycles. The highest BCUT2D eigenvalue weighted by atomic mass is 19.4. The lowest BCUT2D eigenvalue weighted by molar-refractivity contribution is -0.136. The lowest BCUT2D eigenvalue weighted by atomic mass is 10.1. The van der Waals surface area contributed by atoms with Crippen molar-refractivity contribution in [3.8, 4) is 5.69 Å². The average Bonchev–Trinajstić information content (AvgIpc) is 2.78. The molecule has 2 aromatic carbocycles. The van der Waals surface area contributed by atoms with Crippen molar-refractivity contribution in [3.63, 3.8) is 0 Å². The van der Waals surface area contributed by atoms with Crippen LogP contribution in [-0.4, -0.2) is 15.3 Å². The Bertz CT molecular complexity index is 1370. The van der Waals surface area contributed by atoms with E-state index in [1.165, 1.54) is 11.5 Å². The molecule has 0 atom stereocenters. The molecule has 0 aliphatic heterocycles. The van der Waals surface area contributed by atoms with Gasteiger partial charge in [0.2, 0.25) is 0 Å². The Kier molecular flexibility index (Phi) is 6.00. The minimum Gasteiger partial charge on any atom is -0.341 e. The molecule has 168 valence electrons. The molecule has 4 rings (SSSR count). The summed E-state index contributed by atoms with van der Waals surface area (Å²) < 4.78 is 43.5. The van der Waals surface area contributed by atoms with Crippen molar-refractivity contribution in [1.29, 1.82) is 0 Å². The Balaban J connectivity index is 2.07. The predicted octanol–water partition coefficient (Wildman–Crippen LogP) is 5.67. The number of carbonyl (C=O) groups excluding carboxylic acids is 1. The molecule has 0 fully saturated rings. The SMILES string of the molecule is CC(=O)CCc1cc(C(F)(F)F)c2c(=O)cc(Nc3ccccc3)n(-c3ccccc3)c2n1. The Morgan fingerprint density at radius 3 is 2.24 bits per heavy atom. The number of anilines is 2. The number of halogens is 3. The number of alkyl halides is 3. The molecule has 2 aromatic heterocycles. The molecule has 0 bridgehead atoms. The van der Waals surface area contributed by atoms with Crippen molar-refractivity contribution in [1.82, 2.24) is 9.55 Å². The van der Waals surface area contributed by atoms with Crippen LogP contribution < -0.4 is 10.7 Å². The van der Waals surface area contributed by atoms with Gasteiger partial charge >= 0.3 is 6.18 Å². The zero-order chi connectivity index (χ0) is 23.6. The van der Waals surface area contributed by atoms with Crippen molar-refractivity contribution in [2.75, 3.05) is 5.32 Å². The minimum atomic E-state index is -4.77. The monoisotopic (exact) mass is 451 g/mol. The highest BCUT2D eigenvalue weighted by molar-refractivity contribution is 5.85. The molecule has 5 nitrogen and oxygen atoms in total. The molecular weight excluding hydrogens is 431 g/mol. The second-order valence-electron chi connectivity index (χ2n) is 7.62. The van der Waals surface area contributed by atoms with Gasteiger partial charge in [0.05, 0.1) is 10.9 Å². The lowest BCUT2D eigenvalue weighted by Crippen LogP contribution is -2.19. The maximum absolute atomic E-state index is 14.0. The third kappa shape index (κ3) is 4.79. The summed E-state index contributed by atoms with van der Waals surface area (Å²) in [5.74, 6) is 0.111. The van der Waals surface area contributed by atoms with E-state index in [2.05, 4.69) is 10.3 Å². The van der Waals surface area contributed by atoms with Gasteiger partial charge in [0.1, 0.15) is 11.6 Å². The average molecular weight is 451 g/mol. The Hall–Kier alpha value is -3.94. The second-order valence-corrected chi connectivity index (χ2v) is 7.62. The van der Waals surface area contributed by atoms with E-state index in [-0.39, 0.29) is 35.8 Å². The third-order valence-electron chi connectivity index (χ3n) is 5.12. The fourth-order valence-electron chi connectivity index (χ4n) is 3.62. The number of carbonyl (C=O) groups is 1. The van der Waals surface area contributed by atoms with E-state index in [0.29, 0.717) is 11.4 Å². The van der Waals surface area contributed by atoms with E-state index in [0.717, 1.165) is 12.1 Å². The molecule has 0 saturated carbocycles. The number of nitrogens with zero attached hydrogens (tertiary/aromatic N) is 2. The zero-order valence-corrected chi connectivity index (χ0v) is 17.7. The molecule has 0 unspecified atom stereocenters. The first-order chi connectivity index (χ1) is 15.7. The van der Waals surface area contributed by atoms with Crippen LogP contribution in [0, 0.1) is 0 Å². The van der Waals surface area contributed by atoms with Crippen LogP contribution in [0.3, 0.4) is 0 Å². The van der Waals surface area contributed by atoms with Gasteiger partial charge in [0, 0.05) is 29.6 Å². The highest BCUT2D eigenvalue weighted by Gasteiger charge is 2.35. The van der Waals surface area contributed by atoms with Gasteiger partial charge in [-0.05, 0) is 43.7 Å². The van der Waals surface area contributed by atoms with Gasteiger partial charge in [-0.3, -0.25) is 9.36 Å². The summed E-state index contributed by atoms with van der Waals surface area (Å²) in [5.41, 5.74) is -0.706. The van der Waals surface area contributed by atoms with Crippen LogP contribution in [0.1, 0.15) is 24.6 Å². The summed E-state index contributed by atoms with van der Waals surface area (Å²) >= 11 is 0. The first kappa shape index (κ1) is 22.3. The number of fused-ring (bicyclic) bond motifs is 1. The summed E-state index contributed by atoms with van der Waals surface area (Å²) in [6.45, 7) is 1.37. The van der Waals surface area contributed by atoms with E-state index in [1.807, 2.05) is 6.07 Å². The second kappa shape index (κ2) is 8.90. The lowest BCUT2D eigenvalue weighted by Gasteiger charge is -2.20. The molecule has 4 aromatic rings. The first-order valence-electron chi connectivity index (χ1n) is 10.3. The quantitative estimate of drug-likeness (QED) is 0.410. The van der Waals surface area contributed by atoms with Crippen LogP contribution in [0.15, 0.2) is 77.6 Å². The number of rotatable bonds is 6. The number of benzene rings is 2. The van der Waals surface area contributed by atoms with E-state index in [4.69, 9.17) is 0 Å². The number of pyridine rings is 2. The molecule has 1 N–H and O–H groups in total. The largest absolute Gasteiger partial charge is 0.417 e. The molecular formula is C25H20F3N3O2. The van der Waals surface area contributed by atoms with Gasteiger partial charge in [-0.2, -0.15) is 13.2 Å². The van der Waals surface area contributed by atoms with Gasteiger partial charge in [-0.15, -0.1) is 0 Å². The topological polar surface area (TPSA) is 64.0 Å². The van der Waals surface area contributed by atoms with Crippen LogP contribution in [0.4, 0.5) is 24.7 Å². The van der Waals surface area contributed by atoms with Crippen molar-refractivity contribution < 1.29 is 18.0 Å². The van der Waals surface area contributed by atoms with Crippen molar-refractivity contribution in [2.45, 2.75) is 25.9 Å². The van der Waals surface area contributed by atoms with Gasteiger partial charge in [0.15, 0.2) is 11.1 Å². The number of hydrogen-bond acceptors (Lipinski definition) is 4. The van der Waals surface area contributed by atoms with Crippen LogP contribution in [-0.2, 0) is 17.4 Å². The Labute approximate surface area is 187 Å². The van der Waals surface area contributed by atoms with Gasteiger partial charge in [0.25, 0.3) is 0 Å². The van der Waals surface area contributed by atoms with Crippen molar-refractivity contribution in [3.05, 3.63) is 94.3 Å².